The molecule has 4 heteroatoms. The molecule has 2 aromatic heterocycles. The minimum Gasteiger partial charge on any atom is -0.254 e. The van der Waals surface area contributed by atoms with Crippen LogP contribution in [0.5, 0.6) is 0 Å². The fourth-order valence-electron chi connectivity index (χ4n) is 1.75. The van der Waals surface area contributed by atoms with Gasteiger partial charge in [0.05, 0.1) is 0 Å². The summed E-state index contributed by atoms with van der Waals surface area (Å²) in [7, 11) is 0. The zero-order valence-electron chi connectivity index (χ0n) is 8.84. The number of pyridine rings is 1. The number of nitrogens with zero attached hydrogens (tertiary/aromatic N) is 3. The van der Waals surface area contributed by atoms with Crippen molar-refractivity contribution in [1.29, 1.82) is 0 Å². The van der Waals surface area contributed by atoms with E-state index < -0.39 is 0 Å². The van der Waals surface area contributed by atoms with Crippen LogP contribution >= 0.6 is 11.6 Å². The lowest BCUT2D eigenvalue weighted by Gasteiger charge is -2.04. The van der Waals surface area contributed by atoms with Crippen LogP contribution in [0.4, 0.5) is 0 Å². The van der Waals surface area contributed by atoms with Crippen molar-refractivity contribution in [2.45, 2.75) is 0 Å². The number of hydrogen-bond donors (Lipinski definition) is 0. The van der Waals surface area contributed by atoms with Crippen molar-refractivity contribution in [3.8, 4) is 11.3 Å². The molecule has 0 amide bonds. The summed E-state index contributed by atoms with van der Waals surface area (Å²) in [5, 5.41) is 9.30. The molecule has 82 valence electrons. The molecule has 0 aliphatic heterocycles. The molecule has 0 atom stereocenters. The third-order valence-corrected chi connectivity index (χ3v) is 2.82. The quantitative estimate of drug-likeness (QED) is 0.656. The highest BCUT2D eigenvalue weighted by atomic mass is 35.5. The van der Waals surface area contributed by atoms with Gasteiger partial charge in [0.25, 0.3) is 0 Å². The number of halogens is 1. The zero-order valence-corrected chi connectivity index (χ0v) is 9.59. The van der Waals surface area contributed by atoms with Gasteiger partial charge in [-0.05, 0) is 12.1 Å². The van der Waals surface area contributed by atoms with E-state index in [9.17, 15) is 0 Å². The smallest absolute Gasteiger partial charge is 0.161 e. The van der Waals surface area contributed by atoms with Crippen LogP contribution in [-0.2, 0) is 0 Å². The maximum Gasteiger partial charge on any atom is 0.161 e. The first-order chi connectivity index (χ1) is 8.36. The summed E-state index contributed by atoms with van der Waals surface area (Å²) in [5.74, 6) is 0. The molecule has 0 aliphatic carbocycles. The second-order valence-corrected chi connectivity index (χ2v) is 3.96. The van der Waals surface area contributed by atoms with Crippen LogP contribution in [0, 0.1) is 0 Å². The van der Waals surface area contributed by atoms with Gasteiger partial charge in [-0.1, -0.05) is 41.9 Å². The van der Waals surface area contributed by atoms with Crippen LogP contribution in [-0.4, -0.2) is 15.2 Å². The second-order valence-electron chi connectivity index (χ2n) is 3.61. The summed E-state index contributed by atoms with van der Waals surface area (Å²) in [4.78, 5) is 4.33. The average Bonchev–Trinajstić information content (AvgIpc) is 2.41. The van der Waals surface area contributed by atoms with E-state index in [1.165, 1.54) is 0 Å². The van der Waals surface area contributed by atoms with Gasteiger partial charge in [0.15, 0.2) is 5.15 Å². The Morgan fingerprint density at radius 2 is 1.71 bits per heavy atom. The molecule has 0 aliphatic rings. The molecule has 0 saturated heterocycles. The highest BCUT2D eigenvalue weighted by Crippen LogP contribution is 2.27. The van der Waals surface area contributed by atoms with E-state index in [1.807, 2.05) is 42.5 Å². The summed E-state index contributed by atoms with van der Waals surface area (Å²) in [6, 6.07) is 13.6. The Bertz CT molecular complexity index is 668. The second kappa shape index (κ2) is 4.11. The van der Waals surface area contributed by atoms with Gasteiger partial charge in [0.2, 0.25) is 0 Å². The van der Waals surface area contributed by atoms with Gasteiger partial charge in [-0.2, -0.15) is 0 Å². The standard InChI is InChI=1S/C13H8ClN3/c14-13-10-7-4-8-15-12(10)11(16-17-13)9-5-2-1-3-6-9/h1-8H. The average molecular weight is 242 g/mol. The fraction of sp³-hybridized carbons (Fsp3) is 0. The van der Waals surface area contributed by atoms with Gasteiger partial charge >= 0.3 is 0 Å². The molecule has 3 nitrogen and oxygen atoms in total. The predicted octanol–water partition coefficient (Wildman–Crippen LogP) is 3.35. The number of rotatable bonds is 1. The van der Waals surface area contributed by atoms with Crippen molar-refractivity contribution in [2.75, 3.05) is 0 Å². The summed E-state index contributed by atoms with van der Waals surface area (Å²) in [5.41, 5.74) is 2.52. The van der Waals surface area contributed by atoms with Crippen LogP contribution in [0.1, 0.15) is 0 Å². The normalized spacial score (nSPS) is 10.6. The molecule has 0 spiro atoms. The van der Waals surface area contributed by atoms with Gasteiger partial charge in [0.1, 0.15) is 11.2 Å². The van der Waals surface area contributed by atoms with E-state index in [0.29, 0.717) is 5.15 Å². The Hall–Kier alpha value is -2.00. The third-order valence-electron chi connectivity index (χ3n) is 2.54. The van der Waals surface area contributed by atoms with Crippen molar-refractivity contribution in [2.24, 2.45) is 0 Å². The zero-order chi connectivity index (χ0) is 11.7. The topological polar surface area (TPSA) is 38.7 Å². The summed E-state index contributed by atoms with van der Waals surface area (Å²) in [6.07, 6.45) is 1.73. The van der Waals surface area contributed by atoms with Crippen LogP contribution in [0.15, 0.2) is 48.7 Å². The molecule has 0 saturated carbocycles. The van der Waals surface area contributed by atoms with Gasteiger partial charge in [-0.3, -0.25) is 4.98 Å². The molecule has 3 aromatic rings. The molecule has 17 heavy (non-hydrogen) atoms. The molecule has 3 rings (SSSR count). The Morgan fingerprint density at radius 1 is 0.882 bits per heavy atom. The van der Waals surface area contributed by atoms with E-state index >= 15 is 0 Å². The minimum absolute atomic E-state index is 0.382. The Kier molecular flexibility index (Phi) is 2.46. The largest absolute Gasteiger partial charge is 0.254 e. The number of fused-ring (bicyclic) bond motifs is 1. The molecule has 0 radical (unpaired) electrons. The molecule has 1 aromatic carbocycles. The van der Waals surface area contributed by atoms with E-state index in [0.717, 1.165) is 22.2 Å². The maximum absolute atomic E-state index is 6.00. The SMILES string of the molecule is Clc1nnc(-c2ccccc2)c2ncccc12. The third kappa shape index (κ3) is 1.74. The molecule has 2 heterocycles. The van der Waals surface area contributed by atoms with Crippen molar-refractivity contribution in [3.63, 3.8) is 0 Å². The van der Waals surface area contributed by atoms with E-state index in [2.05, 4.69) is 15.2 Å². The minimum atomic E-state index is 0.382. The number of hydrogen-bond acceptors (Lipinski definition) is 3. The maximum atomic E-state index is 6.00. The number of aromatic nitrogens is 3. The monoisotopic (exact) mass is 241 g/mol. The first kappa shape index (κ1) is 10.2. The Morgan fingerprint density at radius 3 is 2.53 bits per heavy atom. The summed E-state index contributed by atoms with van der Waals surface area (Å²) in [6.45, 7) is 0. The molecule has 0 unspecified atom stereocenters. The van der Waals surface area contributed by atoms with Crippen molar-refractivity contribution < 1.29 is 0 Å². The first-order valence-electron chi connectivity index (χ1n) is 5.18. The molecule has 0 bridgehead atoms. The molecule has 0 N–H and O–H groups in total. The van der Waals surface area contributed by atoms with E-state index in [4.69, 9.17) is 11.6 Å². The molecular weight excluding hydrogens is 234 g/mol. The fourth-order valence-corrected chi connectivity index (χ4v) is 1.94. The van der Waals surface area contributed by atoms with Crippen molar-refractivity contribution in [3.05, 3.63) is 53.8 Å². The van der Waals surface area contributed by atoms with Crippen LogP contribution in [0.2, 0.25) is 5.15 Å². The van der Waals surface area contributed by atoms with Crippen LogP contribution in [0.25, 0.3) is 22.2 Å². The van der Waals surface area contributed by atoms with Gasteiger partial charge in [-0.15, -0.1) is 10.2 Å². The highest BCUT2D eigenvalue weighted by Gasteiger charge is 2.09. The lowest BCUT2D eigenvalue weighted by Crippen LogP contribution is -1.93. The van der Waals surface area contributed by atoms with Crippen molar-refractivity contribution in [1.82, 2.24) is 15.2 Å². The summed E-state index contributed by atoms with van der Waals surface area (Å²) < 4.78 is 0. The van der Waals surface area contributed by atoms with Gasteiger partial charge < -0.3 is 0 Å². The highest BCUT2D eigenvalue weighted by molar-refractivity contribution is 6.34. The first-order valence-corrected chi connectivity index (χ1v) is 5.56. The van der Waals surface area contributed by atoms with E-state index in [-0.39, 0.29) is 0 Å². The lowest BCUT2D eigenvalue weighted by molar-refractivity contribution is 1.05. The number of benzene rings is 1. The lowest BCUT2D eigenvalue weighted by atomic mass is 10.1. The van der Waals surface area contributed by atoms with Gasteiger partial charge in [0, 0.05) is 17.1 Å². The molecule has 0 fully saturated rings. The van der Waals surface area contributed by atoms with Crippen molar-refractivity contribution >= 4 is 22.5 Å². The van der Waals surface area contributed by atoms with Gasteiger partial charge in [-0.25, -0.2) is 0 Å². The predicted molar refractivity (Wildman–Crippen MR) is 67.8 cm³/mol. The van der Waals surface area contributed by atoms with E-state index in [1.54, 1.807) is 6.20 Å². The van der Waals surface area contributed by atoms with Crippen LogP contribution in [0.3, 0.4) is 0 Å². The Labute approximate surface area is 103 Å². The summed E-state index contributed by atoms with van der Waals surface area (Å²) >= 11 is 6.00. The molecular formula is C13H8ClN3. The van der Waals surface area contributed by atoms with Crippen LogP contribution < -0.4 is 0 Å². The Balaban J connectivity index is 2.35.